The number of rotatable bonds is 11. The first-order valence-electron chi connectivity index (χ1n) is 17.7. The third kappa shape index (κ3) is 8.68. The van der Waals surface area contributed by atoms with Crippen molar-refractivity contribution in [3.8, 4) is 11.1 Å². The van der Waals surface area contributed by atoms with Crippen molar-refractivity contribution in [3.63, 3.8) is 0 Å². The largest absolute Gasteiger partial charge is 0.461 e. The standard InChI is InChI=1S/C38H42F5N7O3/c1-21-16-26(34(52)47-28-14-15-45-20-28)10-12-29(21)24-6-2-22(3-7-24)17-32(48-33(51)25-8-4-23(19-44)5-9-25)35(53)46-27-11-13-30-31(18-27)50-36(49-30)37(39,40)38(41,42)43/h2-3,6-7,10-13,16,18,23,25,28,32,45H,4-5,8-9,14-15,17,19-20,44H2,1H3,(H,46,53)(H,47,52)(H,48,51)(H,49,50)/t23?,25?,28-,32+/m1/s1. The van der Waals surface area contributed by atoms with Crippen LogP contribution in [0, 0.1) is 18.8 Å². The summed E-state index contributed by atoms with van der Waals surface area (Å²) in [6.45, 7) is 4.09. The average molecular weight is 740 g/mol. The Morgan fingerprint density at radius 3 is 2.32 bits per heavy atom. The van der Waals surface area contributed by atoms with E-state index in [0.717, 1.165) is 54.6 Å². The van der Waals surface area contributed by atoms with E-state index in [1.54, 1.807) is 6.07 Å². The van der Waals surface area contributed by atoms with Crippen molar-refractivity contribution in [1.29, 1.82) is 0 Å². The number of nitrogens with two attached hydrogens (primary N) is 1. The molecule has 15 heteroatoms. The van der Waals surface area contributed by atoms with Crippen molar-refractivity contribution in [2.75, 3.05) is 25.0 Å². The smallest absolute Gasteiger partial charge is 0.348 e. The van der Waals surface area contributed by atoms with E-state index in [-0.39, 0.29) is 46.9 Å². The Kier molecular flexibility index (Phi) is 11.1. The molecule has 7 N–H and O–H groups in total. The van der Waals surface area contributed by atoms with Crippen LogP contribution in [0.15, 0.2) is 60.7 Å². The maximum Gasteiger partial charge on any atom is 0.461 e. The van der Waals surface area contributed by atoms with Crippen molar-refractivity contribution >= 4 is 34.4 Å². The normalized spacial score (nSPS) is 19.9. The number of halogens is 5. The average Bonchev–Trinajstić information content (AvgIpc) is 3.81. The maximum atomic E-state index is 13.9. The van der Waals surface area contributed by atoms with E-state index < -0.39 is 29.9 Å². The number of nitrogens with zero attached hydrogens (tertiary/aromatic N) is 1. The predicted octanol–water partition coefficient (Wildman–Crippen LogP) is 5.72. The fourth-order valence-corrected chi connectivity index (χ4v) is 6.99. The van der Waals surface area contributed by atoms with Crippen molar-refractivity contribution in [1.82, 2.24) is 25.9 Å². The first-order valence-corrected chi connectivity index (χ1v) is 17.7. The Hall–Kier alpha value is -4.89. The number of aromatic nitrogens is 2. The Bertz CT molecular complexity index is 1950. The zero-order valence-electron chi connectivity index (χ0n) is 29.1. The van der Waals surface area contributed by atoms with Crippen LogP contribution in [0.1, 0.15) is 59.4 Å². The quantitative estimate of drug-likeness (QED) is 0.108. The number of alkyl halides is 5. The highest BCUT2D eigenvalue weighted by Crippen LogP contribution is 2.43. The maximum absolute atomic E-state index is 13.9. The summed E-state index contributed by atoms with van der Waals surface area (Å²) in [5, 5.41) is 11.9. The topological polar surface area (TPSA) is 154 Å². The fourth-order valence-electron chi connectivity index (χ4n) is 6.99. The molecule has 1 aliphatic carbocycles. The van der Waals surface area contributed by atoms with Crippen LogP contribution in [-0.2, 0) is 21.9 Å². The number of carbonyl (C=O) groups excluding carboxylic acids is 3. The second kappa shape index (κ2) is 15.6. The number of imidazole rings is 1. The summed E-state index contributed by atoms with van der Waals surface area (Å²) in [7, 11) is 0. The molecular weight excluding hydrogens is 697 g/mol. The number of aryl methyl sites for hydroxylation is 1. The third-order valence-corrected chi connectivity index (χ3v) is 10.2. The van der Waals surface area contributed by atoms with Gasteiger partial charge in [-0.05, 0) is 111 Å². The molecule has 4 aromatic rings. The fraction of sp³-hybridized carbons (Fsp3) is 0.421. The molecule has 6 rings (SSSR count). The number of amides is 3. The summed E-state index contributed by atoms with van der Waals surface area (Å²) >= 11 is 0. The van der Waals surface area contributed by atoms with Gasteiger partial charge in [0.05, 0.1) is 11.0 Å². The second-order valence-corrected chi connectivity index (χ2v) is 14.0. The first kappa shape index (κ1) is 37.9. The van der Waals surface area contributed by atoms with Crippen LogP contribution >= 0.6 is 0 Å². The van der Waals surface area contributed by atoms with E-state index in [1.807, 2.05) is 48.3 Å². The van der Waals surface area contributed by atoms with Crippen molar-refractivity contribution in [2.24, 2.45) is 17.6 Å². The lowest BCUT2D eigenvalue weighted by atomic mass is 9.81. The van der Waals surface area contributed by atoms with E-state index in [1.165, 1.54) is 18.2 Å². The number of H-pyrrole nitrogens is 1. The molecule has 2 aliphatic rings. The van der Waals surface area contributed by atoms with Crippen LogP contribution in [0.5, 0.6) is 0 Å². The van der Waals surface area contributed by atoms with Crippen LogP contribution in [0.4, 0.5) is 27.6 Å². The number of fused-ring (bicyclic) bond motifs is 1. The Morgan fingerprint density at radius 1 is 0.943 bits per heavy atom. The second-order valence-electron chi connectivity index (χ2n) is 14.0. The molecule has 3 amide bonds. The van der Waals surface area contributed by atoms with Gasteiger partial charge in [-0.25, -0.2) is 4.98 Å². The number of nitrogens with one attached hydrogen (secondary N) is 5. The molecule has 1 aromatic heterocycles. The van der Waals surface area contributed by atoms with Crippen molar-refractivity contribution in [3.05, 3.63) is 83.2 Å². The van der Waals surface area contributed by atoms with E-state index in [9.17, 15) is 36.3 Å². The highest BCUT2D eigenvalue weighted by atomic mass is 19.4. The number of aromatic amines is 1. The van der Waals surface area contributed by atoms with Crippen molar-refractivity contribution in [2.45, 2.75) is 69.6 Å². The Balaban J connectivity index is 1.18. The first-order chi connectivity index (χ1) is 25.2. The number of hydrogen-bond acceptors (Lipinski definition) is 6. The zero-order chi connectivity index (χ0) is 37.9. The molecule has 10 nitrogen and oxygen atoms in total. The molecule has 0 unspecified atom stereocenters. The minimum Gasteiger partial charge on any atom is -0.348 e. The lowest BCUT2D eigenvalue weighted by Crippen LogP contribution is -2.48. The highest BCUT2D eigenvalue weighted by molar-refractivity contribution is 5.99. The Morgan fingerprint density at radius 2 is 1.68 bits per heavy atom. The summed E-state index contributed by atoms with van der Waals surface area (Å²) < 4.78 is 66.7. The van der Waals surface area contributed by atoms with Gasteiger partial charge < -0.3 is 32.0 Å². The van der Waals surface area contributed by atoms with Gasteiger partial charge in [0.15, 0.2) is 5.82 Å². The molecule has 0 spiro atoms. The molecule has 1 aliphatic heterocycles. The summed E-state index contributed by atoms with van der Waals surface area (Å²) in [5.74, 6) is -7.71. The van der Waals surface area contributed by atoms with E-state index in [2.05, 4.69) is 26.3 Å². The van der Waals surface area contributed by atoms with Gasteiger partial charge in [0.25, 0.3) is 5.91 Å². The number of anilines is 1. The van der Waals surface area contributed by atoms with Gasteiger partial charge in [0.1, 0.15) is 6.04 Å². The lowest BCUT2D eigenvalue weighted by molar-refractivity contribution is -0.292. The van der Waals surface area contributed by atoms with Crippen LogP contribution in [-0.4, -0.2) is 65.6 Å². The monoisotopic (exact) mass is 739 g/mol. The molecule has 53 heavy (non-hydrogen) atoms. The summed E-state index contributed by atoms with van der Waals surface area (Å²) in [6.07, 6.45) is -1.98. The number of benzene rings is 3. The third-order valence-electron chi connectivity index (χ3n) is 10.2. The Labute approximate surface area is 302 Å². The molecule has 1 saturated heterocycles. The van der Waals surface area contributed by atoms with Gasteiger partial charge >= 0.3 is 12.1 Å². The molecule has 0 bridgehead atoms. The van der Waals surface area contributed by atoms with Gasteiger partial charge in [-0.15, -0.1) is 0 Å². The van der Waals surface area contributed by atoms with Gasteiger partial charge in [-0.3, -0.25) is 14.4 Å². The highest BCUT2D eigenvalue weighted by Gasteiger charge is 2.61. The minimum absolute atomic E-state index is 0.104. The van der Waals surface area contributed by atoms with Gasteiger partial charge in [-0.2, -0.15) is 22.0 Å². The van der Waals surface area contributed by atoms with E-state index in [4.69, 9.17) is 5.73 Å². The van der Waals surface area contributed by atoms with Crippen LogP contribution < -0.4 is 27.0 Å². The lowest BCUT2D eigenvalue weighted by Gasteiger charge is -2.28. The molecule has 2 heterocycles. The van der Waals surface area contributed by atoms with Gasteiger partial charge in [-0.1, -0.05) is 30.3 Å². The van der Waals surface area contributed by atoms with Crippen LogP contribution in [0.25, 0.3) is 22.2 Å². The molecule has 3 aromatic carbocycles. The van der Waals surface area contributed by atoms with Gasteiger partial charge in [0.2, 0.25) is 11.8 Å². The van der Waals surface area contributed by atoms with Crippen molar-refractivity contribution < 1.29 is 36.3 Å². The van der Waals surface area contributed by atoms with Crippen LogP contribution in [0.2, 0.25) is 0 Å². The molecular formula is C38H42F5N7O3. The zero-order valence-corrected chi connectivity index (χ0v) is 29.1. The molecule has 2 atom stereocenters. The minimum atomic E-state index is -5.85. The summed E-state index contributed by atoms with van der Waals surface area (Å²) in [5.41, 5.74) is 9.69. The molecule has 2 fully saturated rings. The van der Waals surface area contributed by atoms with Gasteiger partial charge in [0, 0.05) is 36.2 Å². The van der Waals surface area contributed by atoms with E-state index >= 15 is 0 Å². The SMILES string of the molecule is Cc1cc(C(=O)N[C@@H]2CCNC2)ccc1-c1ccc(C[C@H](NC(=O)C2CCC(CN)CC2)C(=O)Nc2ccc3nc(C(F)(F)C(F)(F)F)[nH]c3c2)cc1. The number of hydrogen-bond donors (Lipinski definition) is 6. The summed E-state index contributed by atoms with van der Waals surface area (Å²) in [4.78, 5) is 45.3. The molecule has 282 valence electrons. The molecule has 0 radical (unpaired) electrons. The molecule has 1 saturated carbocycles. The summed E-state index contributed by atoms with van der Waals surface area (Å²) in [6, 6.07) is 15.8. The number of carbonyl (C=O) groups is 3. The van der Waals surface area contributed by atoms with E-state index in [0.29, 0.717) is 30.9 Å². The van der Waals surface area contributed by atoms with Crippen LogP contribution in [0.3, 0.4) is 0 Å². The predicted molar refractivity (Wildman–Crippen MR) is 190 cm³/mol.